The molecule has 1 saturated carbocycles. The van der Waals surface area contributed by atoms with Crippen molar-refractivity contribution in [3.8, 4) is 0 Å². The maximum absolute atomic E-state index is 10.4. The van der Waals surface area contributed by atoms with Crippen LogP contribution in [0.1, 0.15) is 52.4 Å². The van der Waals surface area contributed by atoms with Crippen molar-refractivity contribution < 1.29 is 5.11 Å². The quantitative estimate of drug-likeness (QED) is 0.689. The van der Waals surface area contributed by atoms with Crippen molar-refractivity contribution in [3.63, 3.8) is 0 Å². The van der Waals surface area contributed by atoms with Crippen LogP contribution in [0.25, 0.3) is 0 Å². The molecule has 84 valence electrons. The van der Waals surface area contributed by atoms with Crippen LogP contribution in [0.3, 0.4) is 0 Å². The van der Waals surface area contributed by atoms with E-state index in [-0.39, 0.29) is 5.92 Å². The summed E-state index contributed by atoms with van der Waals surface area (Å²) in [5.74, 6) is 1.05. The first-order valence-corrected chi connectivity index (χ1v) is 6.02. The van der Waals surface area contributed by atoms with Gasteiger partial charge in [-0.1, -0.05) is 32.6 Å². The Kier molecular flexibility index (Phi) is 4.39. The van der Waals surface area contributed by atoms with Gasteiger partial charge in [0.25, 0.3) is 0 Å². The molecule has 1 fully saturated rings. The third kappa shape index (κ3) is 2.96. The lowest BCUT2D eigenvalue weighted by atomic mass is 9.72. The summed E-state index contributed by atoms with van der Waals surface area (Å²) < 4.78 is 0. The Morgan fingerprint density at radius 1 is 1.50 bits per heavy atom. The van der Waals surface area contributed by atoms with Crippen molar-refractivity contribution in [3.05, 3.63) is 0 Å². The SMILES string of the molecule is CCCC(CN)C(C)(O)CC1CCC1. The second-order valence-corrected chi connectivity index (χ2v) is 5.08. The van der Waals surface area contributed by atoms with Crippen LogP contribution in [-0.4, -0.2) is 17.3 Å². The van der Waals surface area contributed by atoms with Crippen molar-refractivity contribution in [2.75, 3.05) is 6.54 Å². The fraction of sp³-hybridized carbons (Fsp3) is 1.00. The van der Waals surface area contributed by atoms with E-state index >= 15 is 0 Å². The Labute approximate surface area is 87.9 Å². The second-order valence-electron chi connectivity index (χ2n) is 5.08. The standard InChI is InChI=1S/C12H25NO/c1-3-5-11(9-13)12(2,14)8-10-6-4-7-10/h10-11,14H,3-9,13H2,1-2H3. The Morgan fingerprint density at radius 2 is 2.14 bits per heavy atom. The molecule has 0 heterocycles. The molecule has 0 saturated heterocycles. The van der Waals surface area contributed by atoms with E-state index in [1.165, 1.54) is 19.3 Å². The number of hydrogen-bond acceptors (Lipinski definition) is 2. The van der Waals surface area contributed by atoms with Crippen molar-refractivity contribution >= 4 is 0 Å². The van der Waals surface area contributed by atoms with E-state index in [0.29, 0.717) is 6.54 Å². The van der Waals surface area contributed by atoms with Crippen molar-refractivity contribution in [2.45, 2.75) is 58.0 Å². The summed E-state index contributed by atoms with van der Waals surface area (Å²) in [5.41, 5.74) is 5.19. The van der Waals surface area contributed by atoms with Crippen LogP contribution in [0.2, 0.25) is 0 Å². The van der Waals surface area contributed by atoms with Gasteiger partial charge >= 0.3 is 0 Å². The molecular weight excluding hydrogens is 174 g/mol. The first kappa shape index (κ1) is 12.0. The highest BCUT2D eigenvalue weighted by Gasteiger charge is 2.34. The zero-order chi connectivity index (χ0) is 10.6. The van der Waals surface area contributed by atoms with Gasteiger partial charge < -0.3 is 10.8 Å². The van der Waals surface area contributed by atoms with Crippen LogP contribution in [-0.2, 0) is 0 Å². The number of aliphatic hydroxyl groups is 1. The lowest BCUT2D eigenvalue weighted by molar-refractivity contribution is -0.0320. The molecule has 1 aliphatic rings. The molecule has 2 nitrogen and oxygen atoms in total. The minimum Gasteiger partial charge on any atom is -0.390 e. The molecule has 0 amide bonds. The van der Waals surface area contributed by atoms with E-state index in [4.69, 9.17) is 5.73 Å². The van der Waals surface area contributed by atoms with E-state index in [9.17, 15) is 5.11 Å². The lowest BCUT2D eigenvalue weighted by Crippen LogP contribution is -2.41. The fourth-order valence-electron chi connectivity index (χ4n) is 2.48. The maximum atomic E-state index is 10.4. The van der Waals surface area contributed by atoms with Crippen LogP contribution in [0.5, 0.6) is 0 Å². The van der Waals surface area contributed by atoms with Crippen LogP contribution in [0.15, 0.2) is 0 Å². The monoisotopic (exact) mass is 199 g/mol. The summed E-state index contributed by atoms with van der Waals surface area (Å²) in [6, 6.07) is 0. The third-order valence-corrected chi connectivity index (χ3v) is 3.73. The molecule has 3 N–H and O–H groups in total. The molecule has 2 heteroatoms. The summed E-state index contributed by atoms with van der Waals surface area (Å²) in [7, 11) is 0. The molecule has 0 aliphatic heterocycles. The molecule has 0 radical (unpaired) electrons. The second kappa shape index (κ2) is 5.13. The first-order chi connectivity index (χ1) is 6.60. The largest absolute Gasteiger partial charge is 0.390 e. The zero-order valence-electron chi connectivity index (χ0n) is 9.63. The van der Waals surface area contributed by atoms with Gasteiger partial charge in [0.2, 0.25) is 0 Å². The maximum Gasteiger partial charge on any atom is 0.0662 e. The molecule has 2 unspecified atom stereocenters. The molecule has 2 atom stereocenters. The number of hydrogen-bond donors (Lipinski definition) is 2. The van der Waals surface area contributed by atoms with Crippen molar-refractivity contribution in [1.29, 1.82) is 0 Å². The summed E-state index contributed by atoms with van der Waals surface area (Å²) in [5, 5.41) is 10.4. The van der Waals surface area contributed by atoms with E-state index in [2.05, 4.69) is 6.92 Å². The smallest absolute Gasteiger partial charge is 0.0662 e. The van der Waals surface area contributed by atoms with Crippen LogP contribution >= 0.6 is 0 Å². The predicted octanol–water partition coefficient (Wildman–Crippen LogP) is 2.30. The first-order valence-electron chi connectivity index (χ1n) is 6.02. The van der Waals surface area contributed by atoms with Gasteiger partial charge in [-0.25, -0.2) is 0 Å². The molecule has 1 rings (SSSR count). The van der Waals surface area contributed by atoms with Gasteiger partial charge in [-0.05, 0) is 38.1 Å². The number of rotatable bonds is 6. The highest BCUT2D eigenvalue weighted by atomic mass is 16.3. The molecule has 1 aliphatic carbocycles. The van der Waals surface area contributed by atoms with Gasteiger partial charge in [0, 0.05) is 0 Å². The predicted molar refractivity (Wildman–Crippen MR) is 60.0 cm³/mol. The van der Waals surface area contributed by atoms with Gasteiger partial charge in [-0.15, -0.1) is 0 Å². The van der Waals surface area contributed by atoms with Gasteiger partial charge in [0.05, 0.1) is 5.60 Å². The molecule has 14 heavy (non-hydrogen) atoms. The average molecular weight is 199 g/mol. The summed E-state index contributed by atoms with van der Waals surface area (Å²) >= 11 is 0. The molecule has 0 aromatic rings. The normalized spacial score (nSPS) is 24.0. The Balaban J connectivity index is 2.41. The zero-order valence-corrected chi connectivity index (χ0v) is 9.63. The van der Waals surface area contributed by atoms with E-state index in [1.807, 2.05) is 6.92 Å². The summed E-state index contributed by atoms with van der Waals surface area (Å²) in [6.45, 7) is 4.74. The Hall–Kier alpha value is -0.0800. The van der Waals surface area contributed by atoms with Crippen LogP contribution in [0.4, 0.5) is 0 Å². The van der Waals surface area contributed by atoms with E-state index < -0.39 is 5.60 Å². The molecule has 0 aromatic heterocycles. The minimum absolute atomic E-state index is 0.285. The Morgan fingerprint density at radius 3 is 2.50 bits per heavy atom. The summed E-state index contributed by atoms with van der Waals surface area (Å²) in [4.78, 5) is 0. The topological polar surface area (TPSA) is 46.2 Å². The summed E-state index contributed by atoms with van der Waals surface area (Å²) in [6.07, 6.45) is 7.08. The van der Waals surface area contributed by atoms with Gasteiger partial charge in [0.15, 0.2) is 0 Å². The van der Waals surface area contributed by atoms with Gasteiger partial charge in [0.1, 0.15) is 0 Å². The molecule has 0 bridgehead atoms. The third-order valence-electron chi connectivity index (χ3n) is 3.73. The van der Waals surface area contributed by atoms with E-state index in [0.717, 1.165) is 25.2 Å². The van der Waals surface area contributed by atoms with Crippen LogP contribution < -0.4 is 5.73 Å². The fourth-order valence-corrected chi connectivity index (χ4v) is 2.48. The molecule has 0 spiro atoms. The minimum atomic E-state index is -0.532. The highest BCUT2D eigenvalue weighted by molar-refractivity contribution is 4.87. The van der Waals surface area contributed by atoms with Gasteiger partial charge in [-0.2, -0.15) is 0 Å². The molecular formula is C12H25NO. The van der Waals surface area contributed by atoms with Crippen molar-refractivity contribution in [2.24, 2.45) is 17.6 Å². The van der Waals surface area contributed by atoms with E-state index in [1.54, 1.807) is 0 Å². The van der Waals surface area contributed by atoms with Crippen molar-refractivity contribution in [1.82, 2.24) is 0 Å². The molecule has 0 aromatic carbocycles. The lowest BCUT2D eigenvalue weighted by Gasteiger charge is -2.38. The average Bonchev–Trinajstić information content (AvgIpc) is 2.07. The van der Waals surface area contributed by atoms with Gasteiger partial charge in [-0.3, -0.25) is 0 Å². The number of nitrogens with two attached hydrogens (primary N) is 1. The Bertz CT molecular complexity index is 164. The highest BCUT2D eigenvalue weighted by Crippen LogP contribution is 2.37. The van der Waals surface area contributed by atoms with Crippen LogP contribution in [0, 0.1) is 11.8 Å².